The van der Waals surface area contributed by atoms with Gasteiger partial charge in [0.15, 0.2) is 5.13 Å². The van der Waals surface area contributed by atoms with Gasteiger partial charge in [0.1, 0.15) is 5.69 Å². The predicted molar refractivity (Wildman–Crippen MR) is 107 cm³/mol. The van der Waals surface area contributed by atoms with Crippen molar-refractivity contribution < 1.29 is 4.79 Å². The third kappa shape index (κ3) is 3.46. The number of pyridine rings is 1. The van der Waals surface area contributed by atoms with Gasteiger partial charge in [0.05, 0.1) is 22.5 Å². The number of amides is 1. The number of aryl methyl sites for hydroxylation is 2. The van der Waals surface area contributed by atoms with Gasteiger partial charge in [-0.2, -0.15) is 5.10 Å². The van der Waals surface area contributed by atoms with Crippen molar-refractivity contribution in [1.29, 1.82) is 0 Å². The van der Waals surface area contributed by atoms with Gasteiger partial charge in [-0.05, 0) is 42.3 Å². The molecule has 6 nitrogen and oxygen atoms in total. The highest BCUT2D eigenvalue weighted by molar-refractivity contribution is 7.22. The number of nitrogens with zero attached hydrogens (tertiary/aromatic N) is 5. The van der Waals surface area contributed by atoms with Crippen molar-refractivity contribution in [2.24, 2.45) is 7.05 Å². The lowest BCUT2D eigenvalue weighted by Gasteiger charge is -2.19. The lowest BCUT2D eigenvalue weighted by atomic mass is 10.2. The molecule has 0 unspecified atom stereocenters. The number of benzene rings is 1. The first-order valence-corrected chi connectivity index (χ1v) is 9.56. The Hall–Kier alpha value is -3.06. The number of hydrogen-bond donors (Lipinski definition) is 0. The summed E-state index contributed by atoms with van der Waals surface area (Å²) in [6, 6.07) is 13.6. The van der Waals surface area contributed by atoms with E-state index in [0.717, 1.165) is 22.3 Å². The molecule has 7 heteroatoms. The zero-order chi connectivity index (χ0) is 18.8. The Labute approximate surface area is 161 Å². The molecule has 0 fully saturated rings. The maximum Gasteiger partial charge on any atom is 0.278 e. The number of carbonyl (C=O) groups excluding carboxylic acids is 1. The molecule has 0 aliphatic heterocycles. The number of aromatic nitrogens is 4. The van der Waals surface area contributed by atoms with Gasteiger partial charge >= 0.3 is 0 Å². The van der Waals surface area contributed by atoms with Gasteiger partial charge in [-0.1, -0.05) is 30.4 Å². The summed E-state index contributed by atoms with van der Waals surface area (Å²) in [5.41, 5.74) is 3.48. The van der Waals surface area contributed by atoms with Crippen LogP contribution in [-0.4, -0.2) is 25.7 Å². The van der Waals surface area contributed by atoms with E-state index in [1.807, 2.05) is 24.3 Å². The Morgan fingerprint density at radius 1 is 1.19 bits per heavy atom. The van der Waals surface area contributed by atoms with Gasteiger partial charge in [0.25, 0.3) is 5.91 Å². The molecule has 0 N–H and O–H groups in total. The normalized spacial score (nSPS) is 11.0. The van der Waals surface area contributed by atoms with Gasteiger partial charge in [0.2, 0.25) is 0 Å². The van der Waals surface area contributed by atoms with Crippen LogP contribution in [0.15, 0.2) is 54.9 Å². The van der Waals surface area contributed by atoms with Gasteiger partial charge in [-0.25, -0.2) is 4.98 Å². The summed E-state index contributed by atoms with van der Waals surface area (Å²) in [5.74, 6) is -0.143. The molecule has 136 valence electrons. The molecule has 0 spiro atoms. The summed E-state index contributed by atoms with van der Waals surface area (Å²) >= 11 is 1.52. The zero-order valence-corrected chi connectivity index (χ0v) is 16.0. The van der Waals surface area contributed by atoms with E-state index >= 15 is 0 Å². The van der Waals surface area contributed by atoms with Crippen LogP contribution < -0.4 is 4.90 Å². The minimum Gasteiger partial charge on any atom is -0.277 e. The van der Waals surface area contributed by atoms with Gasteiger partial charge in [-0.3, -0.25) is 19.4 Å². The molecule has 0 aliphatic carbocycles. The van der Waals surface area contributed by atoms with E-state index in [0.29, 0.717) is 17.4 Å². The topological polar surface area (TPSA) is 63.9 Å². The SMILES string of the molecule is CCc1ccc2nc(N(Cc3ccccn3)C(=O)c3ccnn3C)sc2c1. The first-order valence-electron chi connectivity index (χ1n) is 8.75. The summed E-state index contributed by atoms with van der Waals surface area (Å²) in [5, 5.41) is 4.78. The molecule has 0 aliphatic rings. The van der Waals surface area contributed by atoms with E-state index in [4.69, 9.17) is 4.98 Å². The highest BCUT2D eigenvalue weighted by Gasteiger charge is 2.24. The number of anilines is 1. The second-order valence-corrected chi connectivity index (χ2v) is 7.21. The van der Waals surface area contributed by atoms with Gasteiger partial charge < -0.3 is 0 Å². The Morgan fingerprint density at radius 2 is 2.07 bits per heavy atom. The molecule has 1 amide bonds. The molecular formula is C20H19N5OS. The van der Waals surface area contributed by atoms with Crippen molar-refractivity contribution in [3.63, 3.8) is 0 Å². The molecule has 3 aromatic heterocycles. The summed E-state index contributed by atoms with van der Waals surface area (Å²) in [6.45, 7) is 2.48. The Bertz CT molecular complexity index is 1090. The van der Waals surface area contributed by atoms with Crippen LogP contribution >= 0.6 is 11.3 Å². The molecule has 4 aromatic rings. The summed E-state index contributed by atoms with van der Waals surface area (Å²) in [4.78, 5) is 24.0. The maximum absolute atomic E-state index is 13.2. The highest BCUT2D eigenvalue weighted by atomic mass is 32.1. The second-order valence-electron chi connectivity index (χ2n) is 6.20. The summed E-state index contributed by atoms with van der Waals surface area (Å²) < 4.78 is 2.66. The molecule has 27 heavy (non-hydrogen) atoms. The van der Waals surface area contributed by atoms with E-state index in [-0.39, 0.29) is 5.91 Å². The third-order valence-electron chi connectivity index (χ3n) is 4.41. The van der Waals surface area contributed by atoms with Crippen molar-refractivity contribution in [1.82, 2.24) is 19.7 Å². The lowest BCUT2D eigenvalue weighted by molar-refractivity contribution is 0.0975. The van der Waals surface area contributed by atoms with E-state index in [1.54, 1.807) is 35.1 Å². The number of fused-ring (bicyclic) bond motifs is 1. The van der Waals surface area contributed by atoms with Crippen molar-refractivity contribution in [2.75, 3.05) is 4.90 Å². The molecule has 3 heterocycles. The third-order valence-corrected chi connectivity index (χ3v) is 5.45. The fourth-order valence-corrected chi connectivity index (χ4v) is 3.92. The lowest BCUT2D eigenvalue weighted by Crippen LogP contribution is -2.32. The first kappa shape index (κ1) is 17.4. The molecule has 0 saturated carbocycles. The highest BCUT2D eigenvalue weighted by Crippen LogP contribution is 2.31. The average molecular weight is 377 g/mol. The van der Waals surface area contributed by atoms with Crippen molar-refractivity contribution in [2.45, 2.75) is 19.9 Å². The Morgan fingerprint density at radius 3 is 2.78 bits per heavy atom. The molecule has 0 atom stereocenters. The monoisotopic (exact) mass is 377 g/mol. The molecule has 4 rings (SSSR count). The minimum absolute atomic E-state index is 0.143. The summed E-state index contributed by atoms with van der Waals surface area (Å²) in [6.07, 6.45) is 4.32. The van der Waals surface area contributed by atoms with Crippen LogP contribution in [0.2, 0.25) is 0 Å². The van der Waals surface area contributed by atoms with Gasteiger partial charge in [-0.15, -0.1) is 0 Å². The number of rotatable bonds is 5. The van der Waals surface area contributed by atoms with Crippen molar-refractivity contribution in [3.8, 4) is 0 Å². The maximum atomic E-state index is 13.2. The predicted octanol–water partition coefficient (Wildman–Crippen LogP) is 3.83. The van der Waals surface area contributed by atoms with Crippen molar-refractivity contribution >= 4 is 32.6 Å². The van der Waals surface area contributed by atoms with E-state index in [9.17, 15) is 4.79 Å². The van der Waals surface area contributed by atoms with E-state index in [1.165, 1.54) is 16.9 Å². The number of thiazole rings is 1. The quantitative estimate of drug-likeness (QED) is 0.530. The van der Waals surface area contributed by atoms with Crippen LogP contribution in [0.1, 0.15) is 28.7 Å². The summed E-state index contributed by atoms with van der Waals surface area (Å²) in [7, 11) is 1.76. The van der Waals surface area contributed by atoms with Crippen LogP contribution in [0, 0.1) is 0 Å². The Kier molecular flexibility index (Phi) is 4.68. The molecule has 1 aromatic carbocycles. The first-order chi connectivity index (χ1) is 13.2. The molecule has 0 saturated heterocycles. The molecule has 0 bridgehead atoms. The zero-order valence-electron chi connectivity index (χ0n) is 15.2. The van der Waals surface area contributed by atoms with Crippen LogP contribution in [0.5, 0.6) is 0 Å². The van der Waals surface area contributed by atoms with Crippen LogP contribution in [0.25, 0.3) is 10.2 Å². The van der Waals surface area contributed by atoms with E-state index in [2.05, 4.69) is 29.1 Å². The average Bonchev–Trinajstić information content (AvgIpc) is 3.31. The smallest absolute Gasteiger partial charge is 0.277 e. The standard InChI is InChI=1S/C20H19N5OS/c1-3-14-7-8-16-18(12-14)27-20(23-16)25(13-15-6-4-5-10-21-15)19(26)17-9-11-22-24(17)2/h4-12H,3,13H2,1-2H3. The Balaban J connectivity index is 1.77. The van der Waals surface area contributed by atoms with E-state index < -0.39 is 0 Å². The fraction of sp³-hybridized carbons (Fsp3) is 0.200. The van der Waals surface area contributed by atoms with Crippen LogP contribution in [-0.2, 0) is 20.0 Å². The van der Waals surface area contributed by atoms with Crippen LogP contribution in [0.4, 0.5) is 5.13 Å². The molecular weight excluding hydrogens is 358 g/mol. The number of carbonyl (C=O) groups is 1. The second kappa shape index (κ2) is 7.28. The number of hydrogen-bond acceptors (Lipinski definition) is 5. The van der Waals surface area contributed by atoms with Crippen molar-refractivity contribution in [3.05, 3.63) is 71.8 Å². The minimum atomic E-state index is -0.143. The largest absolute Gasteiger partial charge is 0.278 e. The van der Waals surface area contributed by atoms with Crippen LogP contribution in [0.3, 0.4) is 0 Å². The molecule has 0 radical (unpaired) electrons. The fourth-order valence-electron chi connectivity index (χ4n) is 2.89. The van der Waals surface area contributed by atoms with Gasteiger partial charge in [0, 0.05) is 19.4 Å².